The van der Waals surface area contributed by atoms with Crippen LogP contribution in [0.2, 0.25) is 0 Å². The lowest BCUT2D eigenvalue weighted by molar-refractivity contribution is 0.0842. The van der Waals surface area contributed by atoms with Gasteiger partial charge in [-0.25, -0.2) is 0 Å². The second-order valence-electron chi connectivity index (χ2n) is 6.07. The molecule has 2 saturated heterocycles. The highest BCUT2D eigenvalue weighted by Crippen LogP contribution is 2.31. The standard InChI is InChI=1S/C16H23N3O3/c1-11-10-22-8-5-19(11)15-9-14(13-3-6-21-7-4-13)16(12(2)20)18-17-15/h9,11,13H,3-8,10H2,1-2H3/t11-/m1/s1. The largest absolute Gasteiger partial charge is 0.381 e. The summed E-state index contributed by atoms with van der Waals surface area (Å²) >= 11 is 0. The maximum atomic E-state index is 11.9. The Hall–Kier alpha value is -1.53. The van der Waals surface area contributed by atoms with Crippen molar-refractivity contribution in [3.8, 4) is 0 Å². The summed E-state index contributed by atoms with van der Waals surface area (Å²) in [6.45, 7) is 7.37. The van der Waals surface area contributed by atoms with Gasteiger partial charge in [-0.3, -0.25) is 4.79 Å². The summed E-state index contributed by atoms with van der Waals surface area (Å²) in [6.07, 6.45) is 1.87. The number of hydrogen-bond acceptors (Lipinski definition) is 6. The van der Waals surface area contributed by atoms with Crippen molar-refractivity contribution < 1.29 is 14.3 Å². The fraction of sp³-hybridized carbons (Fsp3) is 0.688. The predicted octanol–water partition coefficient (Wildman–Crippen LogP) is 1.80. The summed E-state index contributed by atoms with van der Waals surface area (Å²) in [5.74, 6) is 1.16. The molecule has 0 saturated carbocycles. The molecule has 2 aliphatic heterocycles. The average Bonchev–Trinajstić information content (AvgIpc) is 2.55. The number of carbonyl (C=O) groups is 1. The molecule has 1 aromatic heterocycles. The van der Waals surface area contributed by atoms with Crippen LogP contribution in [0.4, 0.5) is 5.82 Å². The third kappa shape index (κ3) is 3.13. The number of hydrogen-bond donors (Lipinski definition) is 0. The number of ketones is 1. The summed E-state index contributed by atoms with van der Waals surface area (Å²) in [6, 6.07) is 2.33. The molecule has 1 atom stereocenters. The highest BCUT2D eigenvalue weighted by molar-refractivity contribution is 5.93. The number of morpholine rings is 1. The number of Topliss-reactive ketones (excluding diaryl/α,β-unsaturated/α-hetero) is 1. The van der Waals surface area contributed by atoms with Gasteiger partial charge in [0.05, 0.1) is 19.3 Å². The predicted molar refractivity (Wildman–Crippen MR) is 82.5 cm³/mol. The van der Waals surface area contributed by atoms with Gasteiger partial charge in [0.2, 0.25) is 0 Å². The Morgan fingerprint density at radius 3 is 2.68 bits per heavy atom. The molecule has 3 heterocycles. The topological polar surface area (TPSA) is 64.6 Å². The van der Waals surface area contributed by atoms with Crippen molar-refractivity contribution in [2.75, 3.05) is 37.9 Å². The van der Waals surface area contributed by atoms with E-state index in [1.54, 1.807) is 6.92 Å². The minimum absolute atomic E-state index is 0.0180. The van der Waals surface area contributed by atoms with Gasteiger partial charge in [-0.2, -0.15) is 0 Å². The molecule has 0 N–H and O–H groups in total. The van der Waals surface area contributed by atoms with E-state index in [4.69, 9.17) is 9.47 Å². The zero-order chi connectivity index (χ0) is 15.5. The van der Waals surface area contributed by atoms with Crippen LogP contribution < -0.4 is 4.90 Å². The maximum Gasteiger partial charge on any atom is 0.180 e. The molecule has 0 radical (unpaired) electrons. The van der Waals surface area contributed by atoms with Crippen LogP contribution in [0.15, 0.2) is 6.07 Å². The van der Waals surface area contributed by atoms with E-state index in [1.165, 1.54) is 0 Å². The minimum Gasteiger partial charge on any atom is -0.381 e. The fourth-order valence-corrected chi connectivity index (χ4v) is 3.20. The van der Waals surface area contributed by atoms with E-state index in [2.05, 4.69) is 28.1 Å². The van der Waals surface area contributed by atoms with Crippen molar-refractivity contribution >= 4 is 11.6 Å². The molecule has 0 spiro atoms. The summed E-state index contributed by atoms with van der Waals surface area (Å²) in [4.78, 5) is 14.1. The summed E-state index contributed by atoms with van der Waals surface area (Å²) in [5, 5.41) is 8.54. The monoisotopic (exact) mass is 305 g/mol. The highest BCUT2D eigenvalue weighted by Gasteiger charge is 2.26. The highest BCUT2D eigenvalue weighted by atomic mass is 16.5. The van der Waals surface area contributed by atoms with E-state index < -0.39 is 0 Å². The Bertz CT molecular complexity index is 543. The van der Waals surface area contributed by atoms with Crippen LogP contribution in [-0.4, -0.2) is 55.0 Å². The molecular formula is C16H23N3O3. The number of rotatable bonds is 3. The number of carbonyl (C=O) groups excluding carboxylic acids is 1. The van der Waals surface area contributed by atoms with Crippen LogP contribution in [0.25, 0.3) is 0 Å². The van der Waals surface area contributed by atoms with Crippen LogP contribution in [0.1, 0.15) is 48.7 Å². The van der Waals surface area contributed by atoms with Gasteiger partial charge in [-0.1, -0.05) is 0 Å². The Labute approximate surface area is 130 Å². The van der Waals surface area contributed by atoms with Crippen molar-refractivity contribution in [2.45, 2.75) is 38.6 Å². The number of nitrogens with zero attached hydrogens (tertiary/aromatic N) is 3. The second-order valence-corrected chi connectivity index (χ2v) is 6.07. The van der Waals surface area contributed by atoms with Crippen LogP contribution >= 0.6 is 0 Å². The summed E-state index contributed by atoms with van der Waals surface area (Å²) in [7, 11) is 0. The first-order valence-corrected chi connectivity index (χ1v) is 7.97. The lowest BCUT2D eigenvalue weighted by atomic mass is 9.90. The third-order valence-corrected chi connectivity index (χ3v) is 4.47. The molecule has 6 nitrogen and oxygen atoms in total. The molecule has 0 unspecified atom stereocenters. The SMILES string of the molecule is CC(=O)c1nnc(N2CCOC[C@H]2C)cc1C1CCOCC1. The first kappa shape index (κ1) is 15.4. The minimum atomic E-state index is -0.0180. The lowest BCUT2D eigenvalue weighted by Gasteiger charge is -2.34. The van der Waals surface area contributed by atoms with Gasteiger partial charge in [0.25, 0.3) is 0 Å². The van der Waals surface area contributed by atoms with E-state index >= 15 is 0 Å². The quantitative estimate of drug-likeness (QED) is 0.793. The van der Waals surface area contributed by atoms with Crippen molar-refractivity contribution in [1.82, 2.24) is 10.2 Å². The van der Waals surface area contributed by atoms with Gasteiger partial charge in [0, 0.05) is 26.7 Å². The number of anilines is 1. The lowest BCUT2D eigenvalue weighted by Crippen LogP contribution is -2.44. The van der Waals surface area contributed by atoms with E-state index in [9.17, 15) is 4.79 Å². The molecule has 0 aromatic carbocycles. The van der Waals surface area contributed by atoms with Crippen LogP contribution in [-0.2, 0) is 9.47 Å². The molecule has 22 heavy (non-hydrogen) atoms. The van der Waals surface area contributed by atoms with Gasteiger partial charge < -0.3 is 14.4 Å². The molecular weight excluding hydrogens is 282 g/mol. The van der Waals surface area contributed by atoms with E-state index in [0.717, 1.165) is 44.0 Å². The Balaban J connectivity index is 1.93. The first-order valence-electron chi connectivity index (χ1n) is 7.97. The van der Waals surface area contributed by atoms with E-state index in [-0.39, 0.29) is 11.8 Å². The molecule has 0 amide bonds. The van der Waals surface area contributed by atoms with Gasteiger partial charge in [0.1, 0.15) is 5.69 Å². The molecule has 120 valence electrons. The van der Waals surface area contributed by atoms with Gasteiger partial charge >= 0.3 is 0 Å². The molecule has 2 fully saturated rings. The van der Waals surface area contributed by atoms with Crippen molar-refractivity contribution in [2.24, 2.45) is 0 Å². The second kappa shape index (κ2) is 6.71. The van der Waals surface area contributed by atoms with E-state index in [1.807, 2.05) is 0 Å². The number of ether oxygens (including phenoxy) is 2. The zero-order valence-electron chi connectivity index (χ0n) is 13.2. The van der Waals surface area contributed by atoms with E-state index in [0.29, 0.717) is 24.8 Å². The van der Waals surface area contributed by atoms with Gasteiger partial charge in [-0.05, 0) is 37.3 Å². The Morgan fingerprint density at radius 1 is 1.23 bits per heavy atom. The zero-order valence-corrected chi connectivity index (χ0v) is 13.2. The van der Waals surface area contributed by atoms with Gasteiger partial charge in [0.15, 0.2) is 11.6 Å². The van der Waals surface area contributed by atoms with Crippen LogP contribution in [0, 0.1) is 0 Å². The molecule has 1 aromatic rings. The molecule has 6 heteroatoms. The van der Waals surface area contributed by atoms with Crippen molar-refractivity contribution in [1.29, 1.82) is 0 Å². The Kier molecular flexibility index (Phi) is 4.69. The Morgan fingerprint density at radius 2 is 2.00 bits per heavy atom. The number of aromatic nitrogens is 2. The maximum absolute atomic E-state index is 11.9. The van der Waals surface area contributed by atoms with Crippen LogP contribution in [0.5, 0.6) is 0 Å². The summed E-state index contributed by atoms with van der Waals surface area (Å²) in [5.41, 5.74) is 1.54. The van der Waals surface area contributed by atoms with Crippen molar-refractivity contribution in [3.63, 3.8) is 0 Å². The molecule has 3 rings (SSSR count). The third-order valence-electron chi connectivity index (χ3n) is 4.47. The normalized spacial score (nSPS) is 23.5. The van der Waals surface area contributed by atoms with Gasteiger partial charge in [-0.15, -0.1) is 10.2 Å². The smallest absolute Gasteiger partial charge is 0.180 e. The average molecular weight is 305 g/mol. The molecule has 0 bridgehead atoms. The fourth-order valence-electron chi connectivity index (χ4n) is 3.20. The van der Waals surface area contributed by atoms with Crippen LogP contribution in [0.3, 0.4) is 0 Å². The first-order chi connectivity index (χ1) is 10.7. The molecule has 2 aliphatic rings. The van der Waals surface area contributed by atoms with Crippen molar-refractivity contribution in [3.05, 3.63) is 17.3 Å². The summed E-state index contributed by atoms with van der Waals surface area (Å²) < 4.78 is 10.9. The molecule has 0 aliphatic carbocycles.